The normalized spacial score (nSPS) is 16.5. The van der Waals surface area contributed by atoms with Crippen LogP contribution in [0.3, 0.4) is 0 Å². The summed E-state index contributed by atoms with van der Waals surface area (Å²) in [5.41, 5.74) is -0.320. The Balaban J connectivity index is 1.96. The van der Waals surface area contributed by atoms with Crippen LogP contribution in [0.15, 0.2) is 42.5 Å². The minimum absolute atomic E-state index is 0.108. The smallest absolute Gasteiger partial charge is 0.416 e. The molecule has 2 aromatic rings. The largest absolute Gasteiger partial charge is 0.496 e. The molecule has 0 saturated carbocycles. The molecule has 3 rings (SSSR count). The molecule has 6 nitrogen and oxygen atoms in total. The second-order valence-corrected chi connectivity index (χ2v) is 6.49. The van der Waals surface area contributed by atoms with Gasteiger partial charge >= 0.3 is 6.18 Å². The van der Waals surface area contributed by atoms with E-state index >= 15 is 0 Å². The van der Waals surface area contributed by atoms with Gasteiger partial charge in [-0.15, -0.1) is 0 Å². The second kappa shape index (κ2) is 7.23. The number of benzene rings is 2. The molecular weight excluding hydrogens is 389 g/mol. The highest BCUT2D eigenvalue weighted by atomic mass is 19.4. The summed E-state index contributed by atoms with van der Waals surface area (Å²) >= 11 is 0. The zero-order valence-corrected chi connectivity index (χ0v) is 15.8. The highest BCUT2D eigenvalue weighted by molar-refractivity contribution is 6.33. The van der Waals surface area contributed by atoms with Gasteiger partial charge in [0.15, 0.2) is 11.7 Å². The van der Waals surface area contributed by atoms with Crippen LogP contribution in [-0.4, -0.2) is 38.8 Å². The van der Waals surface area contributed by atoms with Crippen LogP contribution in [0.2, 0.25) is 0 Å². The fourth-order valence-electron chi connectivity index (χ4n) is 3.20. The Bertz CT molecular complexity index is 986. The topological polar surface area (TPSA) is 66.9 Å². The molecule has 0 saturated heterocycles. The van der Waals surface area contributed by atoms with Gasteiger partial charge in [-0.1, -0.05) is 6.07 Å². The van der Waals surface area contributed by atoms with E-state index in [0.29, 0.717) is 5.69 Å². The molecule has 0 aliphatic carbocycles. The third kappa shape index (κ3) is 3.43. The lowest BCUT2D eigenvalue weighted by Gasteiger charge is -2.32. The lowest BCUT2D eigenvalue weighted by Crippen LogP contribution is -2.50. The van der Waals surface area contributed by atoms with Crippen LogP contribution in [0, 0.1) is 5.92 Å². The zero-order valence-electron chi connectivity index (χ0n) is 15.8. The van der Waals surface area contributed by atoms with E-state index in [-0.39, 0.29) is 17.0 Å². The molecule has 0 aromatic heterocycles. The maximum atomic E-state index is 13.0. The summed E-state index contributed by atoms with van der Waals surface area (Å²) in [6.07, 6.45) is -4.51. The van der Waals surface area contributed by atoms with Crippen molar-refractivity contribution in [1.29, 1.82) is 0 Å². The van der Waals surface area contributed by atoms with E-state index in [1.807, 2.05) is 0 Å². The van der Waals surface area contributed by atoms with Crippen molar-refractivity contribution < 1.29 is 32.3 Å². The molecule has 2 amide bonds. The predicted molar refractivity (Wildman–Crippen MR) is 99.1 cm³/mol. The number of ether oxygens (including phenoxy) is 1. The van der Waals surface area contributed by atoms with Gasteiger partial charge in [0.25, 0.3) is 0 Å². The molecule has 9 heteroatoms. The van der Waals surface area contributed by atoms with Crippen molar-refractivity contribution >= 4 is 29.0 Å². The number of amides is 2. The van der Waals surface area contributed by atoms with Crippen molar-refractivity contribution in [2.75, 3.05) is 31.0 Å². The first kappa shape index (κ1) is 20.4. The average Bonchev–Trinajstić information content (AvgIpc) is 2.70. The third-order valence-electron chi connectivity index (χ3n) is 4.83. The Kier molecular flexibility index (Phi) is 5.08. The van der Waals surface area contributed by atoms with E-state index < -0.39 is 35.3 Å². The summed E-state index contributed by atoms with van der Waals surface area (Å²) in [7, 11) is 4.10. The standard InChI is InChI=1S/C20H17F3N2O4/c1-24(12-9-7-11(8-10-12)20(21,22)23)18(27)16-17(26)15-13(25(2)19(16)28)5-4-6-14(15)29-3/h4-10,16H,1-3H3. The van der Waals surface area contributed by atoms with Crippen LogP contribution in [0.25, 0.3) is 0 Å². The summed E-state index contributed by atoms with van der Waals surface area (Å²) in [6, 6.07) is 8.59. The van der Waals surface area contributed by atoms with Gasteiger partial charge in [0.1, 0.15) is 5.75 Å². The van der Waals surface area contributed by atoms with Gasteiger partial charge in [0, 0.05) is 19.8 Å². The molecule has 1 aliphatic rings. The number of halogens is 3. The minimum Gasteiger partial charge on any atom is -0.496 e. The van der Waals surface area contributed by atoms with Gasteiger partial charge in [0.05, 0.1) is 23.9 Å². The van der Waals surface area contributed by atoms with Gasteiger partial charge in [-0.25, -0.2) is 0 Å². The number of hydrogen-bond acceptors (Lipinski definition) is 4. The van der Waals surface area contributed by atoms with E-state index in [0.717, 1.165) is 29.2 Å². The molecule has 0 N–H and O–H groups in total. The van der Waals surface area contributed by atoms with Crippen molar-refractivity contribution in [3.05, 3.63) is 53.6 Å². The average molecular weight is 406 g/mol. The summed E-state index contributed by atoms with van der Waals surface area (Å²) in [6.45, 7) is 0. The summed E-state index contributed by atoms with van der Waals surface area (Å²) in [5.74, 6) is -3.72. The summed E-state index contributed by atoms with van der Waals surface area (Å²) < 4.78 is 43.4. The van der Waals surface area contributed by atoms with Gasteiger partial charge < -0.3 is 14.5 Å². The highest BCUT2D eigenvalue weighted by Crippen LogP contribution is 2.37. The van der Waals surface area contributed by atoms with Crippen molar-refractivity contribution in [1.82, 2.24) is 0 Å². The Hall–Kier alpha value is -3.36. The van der Waals surface area contributed by atoms with Crippen LogP contribution in [0.4, 0.5) is 24.5 Å². The first-order valence-corrected chi connectivity index (χ1v) is 8.51. The number of carbonyl (C=O) groups excluding carboxylic acids is 3. The molecule has 1 atom stereocenters. The quantitative estimate of drug-likeness (QED) is 0.735. The van der Waals surface area contributed by atoms with Crippen molar-refractivity contribution in [2.45, 2.75) is 6.18 Å². The van der Waals surface area contributed by atoms with Crippen molar-refractivity contribution in [3.8, 4) is 5.75 Å². The van der Waals surface area contributed by atoms with Gasteiger partial charge in [-0.3, -0.25) is 14.4 Å². The van der Waals surface area contributed by atoms with Crippen LogP contribution >= 0.6 is 0 Å². The number of hydrogen-bond donors (Lipinski definition) is 0. The maximum absolute atomic E-state index is 13.0. The number of carbonyl (C=O) groups is 3. The molecular formula is C20H17F3N2O4. The molecule has 0 radical (unpaired) electrons. The van der Waals surface area contributed by atoms with Crippen molar-refractivity contribution in [2.24, 2.45) is 5.92 Å². The Morgan fingerprint density at radius 2 is 1.72 bits per heavy atom. The summed E-state index contributed by atoms with van der Waals surface area (Å²) in [4.78, 5) is 40.9. The molecule has 1 heterocycles. The molecule has 0 spiro atoms. The highest BCUT2D eigenvalue weighted by Gasteiger charge is 2.45. The first-order chi connectivity index (χ1) is 13.6. The van der Waals surface area contributed by atoms with E-state index in [1.54, 1.807) is 18.2 Å². The van der Waals surface area contributed by atoms with Gasteiger partial charge in [-0.05, 0) is 36.4 Å². The molecule has 1 unspecified atom stereocenters. The zero-order chi connectivity index (χ0) is 21.5. The fraction of sp³-hybridized carbons (Fsp3) is 0.250. The third-order valence-corrected chi connectivity index (χ3v) is 4.83. The lowest BCUT2D eigenvalue weighted by atomic mass is 9.88. The number of rotatable bonds is 3. The maximum Gasteiger partial charge on any atom is 0.416 e. The van der Waals surface area contributed by atoms with Crippen LogP contribution in [-0.2, 0) is 15.8 Å². The van der Waals surface area contributed by atoms with Gasteiger partial charge in [0.2, 0.25) is 11.8 Å². The lowest BCUT2D eigenvalue weighted by molar-refractivity contribution is -0.137. The molecule has 29 heavy (non-hydrogen) atoms. The molecule has 152 valence electrons. The summed E-state index contributed by atoms with van der Waals surface area (Å²) in [5, 5.41) is 0. The fourth-order valence-corrected chi connectivity index (χ4v) is 3.20. The Morgan fingerprint density at radius 1 is 1.10 bits per heavy atom. The monoisotopic (exact) mass is 406 g/mol. The van der Waals surface area contributed by atoms with E-state index in [1.165, 1.54) is 26.1 Å². The second-order valence-electron chi connectivity index (χ2n) is 6.49. The molecule has 1 aliphatic heterocycles. The SMILES string of the molecule is COc1cccc2c1C(=O)C(C(=O)N(C)c1ccc(C(F)(F)F)cc1)C(=O)N2C. The Labute approximate surface area is 164 Å². The van der Waals surface area contributed by atoms with Gasteiger partial charge in [-0.2, -0.15) is 13.2 Å². The number of nitrogens with zero attached hydrogens (tertiary/aromatic N) is 2. The number of methoxy groups -OCH3 is 1. The van der Waals surface area contributed by atoms with E-state index in [9.17, 15) is 27.6 Å². The first-order valence-electron chi connectivity index (χ1n) is 8.51. The van der Waals surface area contributed by atoms with Crippen molar-refractivity contribution in [3.63, 3.8) is 0 Å². The van der Waals surface area contributed by atoms with Crippen LogP contribution < -0.4 is 14.5 Å². The molecule has 0 bridgehead atoms. The van der Waals surface area contributed by atoms with E-state index in [2.05, 4.69) is 0 Å². The minimum atomic E-state index is -4.51. The van der Waals surface area contributed by atoms with E-state index in [4.69, 9.17) is 4.74 Å². The number of anilines is 2. The number of fused-ring (bicyclic) bond motifs is 1. The molecule has 2 aromatic carbocycles. The van der Waals surface area contributed by atoms with Crippen LogP contribution in [0.5, 0.6) is 5.75 Å². The number of ketones is 1. The predicted octanol–water partition coefficient (Wildman–Crippen LogP) is 3.15. The molecule has 0 fully saturated rings. The van der Waals surface area contributed by atoms with Crippen LogP contribution in [0.1, 0.15) is 15.9 Å². The number of Topliss-reactive ketones (excluding diaryl/α,β-unsaturated/α-hetero) is 1. The number of alkyl halides is 3. The Morgan fingerprint density at radius 3 is 2.28 bits per heavy atom.